The number of amides is 1. The number of nitrogens with one attached hydrogen (secondary N) is 1. The van der Waals surface area contributed by atoms with Crippen LogP contribution in [-0.2, 0) is 11.2 Å². The largest absolute Gasteiger partial charge is 0.497 e. The van der Waals surface area contributed by atoms with Gasteiger partial charge in [-0.1, -0.05) is 18.2 Å². The molecule has 0 aliphatic heterocycles. The Kier molecular flexibility index (Phi) is 7.49. The molecule has 0 aliphatic rings. The van der Waals surface area contributed by atoms with Gasteiger partial charge in [-0.3, -0.25) is 9.59 Å². The quantitative estimate of drug-likeness (QED) is 0.525. The molecule has 0 aliphatic carbocycles. The molecule has 0 atom stereocenters. The van der Waals surface area contributed by atoms with E-state index in [1.165, 1.54) is 16.9 Å². The van der Waals surface area contributed by atoms with Crippen molar-refractivity contribution in [1.29, 1.82) is 0 Å². The number of benzene rings is 1. The van der Waals surface area contributed by atoms with Crippen molar-refractivity contribution in [3.05, 3.63) is 52.2 Å². The van der Waals surface area contributed by atoms with Crippen molar-refractivity contribution < 1.29 is 14.3 Å². The fourth-order valence-electron chi connectivity index (χ4n) is 2.37. The molecular formula is C19H23NO3S. The monoisotopic (exact) mass is 345 g/mol. The molecule has 0 fully saturated rings. The van der Waals surface area contributed by atoms with Gasteiger partial charge in [-0.2, -0.15) is 0 Å². The van der Waals surface area contributed by atoms with Crippen molar-refractivity contribution >= 4 is 23.0 Å². The van der Waals surface area contributed by atoms with E-state index in [1.807, 2.05) is 41.8 Å². The summed E-state index contributed by atoms with van der Waals surface area (Å²) in [6.07, 6.45) is 3.24. The van der Waals surface area contributed by atoms with E-state index in [0.29, 0.717) is 25.8 Å². The fourth-order valence-corrected chi connectivity index (χ4v) is 3.07. The number of ether oxygens (including phenoxy) is 1. The van der Waals surface area contributed by atoms with Crippen LogP contribution in [-0.4, -0.2) is 25.3 Å². The van der Waals surface area contributed by atoms with Gasteiger partial charge in [-0.15, -0.1) is 11.3 Å². The van der Waals surface area contributed by atoms with Crippen molar-refractivity contribution in [3.63, 3.8) is 0 Å². The first-order valence-corrected chi connectivity index (χ1v) is 9.03. The summed E-state index contributed by atoms with van der Waals surface area (Å²) < 4.78 is 5.12. The summed E-state index contributed by atoms with van der Waals surface area (Å²) in [5.74, 6) is 0.991. The van der Waals surface area contributed by atoms with E-state index in [2.05, 4.69) is 5.32 Å². The Morgan fingerprint density at radius 2 is 1.88 bits per heavy atom. The first-order chi connectivity index (χ1) is 11.7. The zero-order valence-electron chi connectivity index (χ0n) is 13.9. The van der Waals surface area contributed by atoms with Gasteiger partial charge in [0.2, 0.25) is 5.91 Å². The van der Waals surface area contributed by atoms with Crippen LogP contribution in [0.25, 0.3) is 0 Å². The highest BCUT2D eigenvalue weighted by Gasteiger charge is 2.08. The van der Waals surface area contributed by atoms with Gasteiger partial charge in [0.15, 0.2) is 5.78 Å². The summed E-state index contributed by atoms with van der Waals surface area (Å²) >= 11 is 1.45. The molecule has 0 saturated carbocycles. The van der Waals surface area contributed by atoms with Crippen LogP contribution >= 0.6 is 11.3 Å². The van der Waals surface area contributed by atoms with Crippen LogP contribution in [0.15, 0.2) is 41.8 Å². The molecule has 2 rings (SSSR count). The first kappa shape index (κ1) is 18.2. The second kappa shape index (κ2) is 9.88. The molecule has 1 N–H and O–H groups in total. The molecule has 0 unspecified atom stereocenters. The van der Waals surface area contributed by atoms with Crippen molar-refractivity contribution in [1.82, 2.24) is 5.32 Å². The smallest absolute Gasteiger partial charge is 0.220 e. The lowest BCUT2D eigenvalue weighted by molar-refractivity contribution is -0.121. The molecule has 0 spiro atoms. The summed E-state index contributed by atoms with van der Waals surface area (Å²) in [6, 6.07) is 11.7. The fraction of sp³-hybridized carbons (Fsp3) is 0.368. The minimum absolute atomic E-state index is 0.0173. The standard InChI is InChI=1S/C19H23NO3S/c1-23-16-11-9-15(10-12-16)5-3-13-20-19(22)8-2-6-17(21)18-7-4-14-24-18/h4,7,9-12,14H,2-3,5-6,8,13H2,1H3,(H,20,22). The zero-order valence-corrected chi connectivity index (χ0v) is 14.7. The van der Waals surface area contributed by atoms with Crippen molar-refractivity contribution in [2.75, 3.05) is 13.7 Å². The van der Waals surface area contributed by atoms with Crippen molar-refractivity contribution in [2.24, 2.45) is 0 Å². The van der Waals surface area contributed by atoms with Crippen LogP contribution in [0.4, 0.5) is 0 Å². The predicted molar refractivity (Wildman–Crippen MR) is 96.8 cm³/mol. The molecule has 1 heterocycles. The van der Waals surface area contributed by atoms with Gasteiger partial charge in [-0.25, -0.2) is 0 Å². The summed E-state index contributed by atoms with van der Waals surface area (Å²) in [5, 5.41) is 4.80. The van der Waals surface area contributed by atoms with Gasteiger partial charge in [0.05, 0.1) is 12.0 Å². The summed E-state index contributed by atoms with van der Waals surface area (Å²) in [4.78, 5) is 24.4. The molecule has 0 bridgehead atoms. The molecule has 0 radical (unpaired) electrons. The van der Waals surface area contributed by atoms with Gasteiger partial charge in [0.1, 0.15) is 5.75 Å². The molecular weight excluding hydrogens is 322 g/mol. The lowest BCUT2D eigenvalue weighted by Crippen LogP contribution is -2.24. The maximum atomic E-state index is 11.8. The Morgan fingerprint density at radius 1 is 1.08 bits per heavy atom. The van der Waals surface area contributed by atoms with Crippen LogP contribution in [0, 0.1) is 0 Å². The molecule has 1 aromatic carbocycles. The van der Waals surface area contributed by atoms with Crippen LogP contribution < -0.4 is 10.1 Å². The Balaban J connectivity index is 1.55. The number of hydrogen-bond donors (Lipinski definition) is 1. The number of Topliss-reactive ketones (excluding diaryl/α,β-unsaturated/α-hetero) is 1. The number of aryl methyl sites for hydroxylation is 1. The highest BCUT2D eigenvalue weighted by molar-refractivity contribution is 7.12. The highest BCUT2D eigenvalue weighted by Crippen LogP contribution is 2.13. The van der Waals surface area contributed by atoms with Crippen molar-refractivity contribution in [2.45, 2.75) is 32.1 Å². The van der Waals surface area contributed by atoms with E-state index >= 15 is 0 Å². The summed E-state index contributed by atoms with van der Waals surface area (Å²) in [6.45, 7) is 0.656. The second-order valence-corrected chi connectivity index (χ2v) is 6.50. The van der Waals surface area contributed by atoms with Gasteiger partial charge < -0.3 is 10.1 Å². The Bertz CT molecular complexity index is 635. The molecule has 4 nitrogen and oxygen atoms in total. The van der Waals surface area contributed by atoms with Crippen LogP contribution in [0.1, 0.15) is 40.9 Å². The molecule has 1 amide bonds. The number of methoxy groups -OCH3 is 1. The highest BCUT2D eigenvalue weighted by atomic mass is 32.1. The average molecular weight is 345 g/mol. The number of thiophene rings is 1. The SMILES string of the molecule is COc1ccc(CCCNC(=O)CCCC(=O)c2cccs2)cc1. The third-order valence-electron chi connectivity index (χ3n) is 3.73. The molecule has 5 heteroatoms. The van der Waals surface area contributed by atoms with E-state index in [-0.39, 0.29) is 11.7 Å². The van der Waals surface area contributed by atoms with E-state index in [9.17, 15) is 9.59 Å². The number of ketones is 1. The molecule has 1 aromatic heterocycles. The Hall–Kier alpha value is -2.14. The van der Waals surface area contributed by atoms with Gasteiger partial charge in [0, 0.05) is 19.4 Å². The Morgan fingerprint density at radius 3 is 2.54 bits per heavy atom. The van der Waals surface area contributed by atoms with Crippen LogP contribution in [0.5, 0.6) is 5.75 Å². The zero-order chi connectivity index (χ0) is 17.2. The normalized spacial score (nSPS) is 10.4. The van der Waals surface area contributed by atoms with E-state index in [0.717, 1.165) is 23.5 Å². The topological polar surface area (TPSA) is 55.4 Å². The van der Waals surface area contributed by atoms with Gasteiger partial charge >= 0.3 is 0 Å². The third kappa shape index (κ3) is 6.16. The predicted octanol–water partition coefficient (Wildman–Crippen LogP) is 3.86. The van der Waals surface area contributed by atoms with Crippen LogP contribution in [0.3, 0.4) is 0 Å². The van der Waals surface area contributed by atoms with E-state index in [1.54, 1.807) is 7.11 Å². The number of carbonyl (C=O) groups excluding carboxylic acids is 2. The molecule has 2 aromatic rings. The van der Waals surface area contributed by atoms with Gasteiger partial charge in [0.25, 0.3) is 0 Å². The maximum absolute atomic E-state index is 11.8. The molecule has 24 heavy (non-hydrogen) atoms. The van der Waals surface area contributed by atoms with Gasteiger partial charge in [-0.05, 0) is 48.4 Å². The number of rotatable bonds is 10. The van der Waals surface area contributed by atoms with E-state index in [4.69, 9.17) is 4.74 Å². The molecule has 0 saturated heterocycles. The summed E-state index contributed by atoms with van der Waals surface area (Å²) in [5.41, 5.74) is 1.23. The van der Waals surface area contributed by atoms with Crippen molar-refractivity contribution in [3.8, 4) is 5.75 Å². The second-order valence-electron chi connectivity index (χ2n) is 5.56. The van der Waals surface area contributed by atoms with E-state index < -0.39 is 0 Å². The number of carbonyl (C=O) groups is 2. The lowest BCUT2D eigenvalue weighted by atomic mass is 10.1. The minimum Gasteiger partial charge on any atom is -0.497 e. The average Bonchev–Trinajstić information content (AvgIpc) is 3.14. The molecule has 128 valence electrons. The lowest BCUT2D eigenvalue weighted by Gasteiger charge is -2.06. The minimum atomic E-state index is 0.0173. The first-order valence-electron chi connectivity index (χ1n) is 8.15. The summed E-state index contributed by atoms with van der Waals surface area (Å²) in [7, 11) is 1.65. The Labute approximate surface area is 146 Å². The third-order valence-corrected chi connectivity index (χ3v) is 4.64. The number of hydrogen-bond acceptors (Lipinski definition) is 4. The van der Waals surface area contributed by atoms with Crippen LogP contribution in [0.2, 0.25) is 0 Å². The maximum Gasteiger partial charge on any atom is 0.220 e.